The summed E-state index contributed by atoms with van der Waals surface area (Å²) in [6.07, 6.45) is 1.14. The van der Waals surface area contributed by atoms with Gasteiger partial charge in [-0.3, -0.25) is 9.59 Å². The minimum atomic E-state index is -1.52. The number of pyridine rings is 1. The second-order valence-electron chi connectivity index (χ2n) is 8.25. The number of hydrogen-bond acceptors (Lipinski definition) is 5. The van der Waals surface area contributed by atoms with Gasteiger partial charge in [-0.05, 0) is 37.8 Å². The Labute approximate surface area is 167 Å². The van der Waals surface area contributed by atoms with Crippen molar-refractivity contribution >= 4 is 22.6 Å². The van der Waals surface area contributed by atoms with E-state index in [0.29, 0.717) is 30.0 Å². The third-order valence-electron chi connectivity index (χ3n) is 5.66. The molecule has 1 saturated heterocycles. The van der Waals surface area contributed by atoms with E-state index in [0.717, 1.165) is 16.3 Å². The van der Waals surface area contributed by atoms with Crippen molar-refractivity contribution in [3.63, 3.8) is 0 Å². The number of hydrogen-bond donors (Lipinski definition) is 2. The fourth-order valence-electron chi connectivity index (χ4n) is 4.29. The van der Waals surface area contributed by atoms with Crippen LogP contribution < -0.4 is 20.5 Å². The molecule has 154 valence electrons. The first-order valence-corrected chi connectivity index (χ1v) is 9.72. The number of benzene rings is 1. The lowest BCUT2D eigenvalue weighted by Crippen LogP contribution is -2.34. The predicted molar refractivity (Wildman–Crippen MR) is 105 cm³/mol. The van der Waals surface area contributed by atoms with Gasteiger partial charge in [-0.25, -0.2) is 9.37 Å². The fourth-order valence-corrected chi connectivity index (χ4v) is 4.29. The van der Waals surface area contributed by atoms with E-state index in [1.807, 2.05) is 20.8 Å². The summed E-state index contributed by atoms with van der Waals surface area (Å²) in [5, 5.41) is 4.16. The third-order valence-corrected chi connectivity index (χ3v) is 5.66. The number of amides is 2. The summed E-state index contributed by atoms with van der Waals surface area (Å²) in [4.78, 5) is 28.0. The third kappa shape index (κ3) is 3.26. The lowest BCUT2D eigenvalue weighted by molar-refractivity contribution is -0.123. The van der Waals surface area contributed by atoms with Crippen LogP contribution in [0.25, 0.3) is 10.8 Å². The van der Waals surface area contributed by atoms with Gasteiger partial charge < -0.3 is 20.5 Å². The summed E-state index contributed by atoms with van der Waals surface area (Å²) >= 11 is 0. The first-order valence-electron chi connectivity index (χ1n) is 9.72. The zero-order valence-electron chi connectivity index (χ0n) is 16.6. The van der Waals surface area contributed by atoms with Gasteiger partial charge in [0.1, 0.15) is 18.0 Å². The Kier molecular flexibility index (Phi) is 4.59. The van der Waals surface area contributed by atoms with Gasteiger partial charge in [-0.1, -0.05) is 6.92 Å². The van der Waals surface area contributed by atoms with E-state index in [1.165, 1.54) is 0 Å². The number of nitrogens with one attached hydrogen (secondary N) is 1. The van der Waals surface area contributed by atoms with E-state index in [4.69, 9.17) is 15.2 Å². The summed E-state index contributed by atoms with van der Waals surface area (Å²) in [5.74, 6) is -0.779. The second-order valence-corrected chi connectivity index (χ2v) is 8.25. The van der Waals surface area contributed by atoms with Gasteiger partial charge in [0.05, 0.1) is 17.0 Å². The smallest absolute Gasteiger partial charge is 0.255 e. The molecule has 4 rings (SSSR count). The van der Waals surface area contributed by atoms with Crippen LogP contribution in [0, 0.1) is 5.92 Å². The standard InChI is InChI=1S/C21H24FN3O4/c1-4-11-14(25-19(27)16(11)22)9-28-20-15-10(5-6-24-20)7-12(18(23)26)17-13(15)8-21(2,3)29-17/h5-7,11,14,16H,4,8-9H2,1-3H3,(H2,23,26)(H,25,27)/t11-,14+,16-/m0/s1. The summed E-state index contributed by atoms with van der Waals surface area (Å²) < 4.78 is 26.0. The van der Waals surface area contributed by atoms with Gasteiger partial charge in [-0.15, -0.1) is 0 Å². The van der Waals surface area contributed by atoms with E-state index in [2.05, 4.69) is 10.3 Å². The number of halogens is 1. The topological polar surface area (TPSA) is 104 Å². The summed E-state index contributed by atoms with van der Waals surface area (Å²) in [5.41, 5.74) is 6.20. The predicted octanol–water partition coefficient (Wildman–Crippen LogP) is 2.29. The normalized spacial score (nSPS) is 24.8. The van der Waals surface area contributed by atoms with Crippen molar-refractivity contribution in [3.05, 3.63) is 29.5 Å². The van der Waals surface area contributed by atoms with Crippen LogP contribution in [0.15, 0.2) is 18.3 Å². The molecule has 0 bridgehead atoms. The van der Waals surface area contributed by atoms with Crippen LogP contribution in [-0.4, -0.2) is 41.2 Å². The molecule has 3 atom stereocenters. The van der Waals surface area contributed by atoms with Crippen molar-refractivity contribution < 1.29 is 23.5 Å². The lowest BCUT2D eigenvalue weighted by atomic mass is 9.95. The van der Waals surface area contributed by atoms with Gasteiger partial charge in [-0.2, -0.15) is 0 Å². The van der Waals surface area contributed by atoms with E-state index < -0.39 is 35.5 Å². The van der Waals surface area contributed by atoms with Gasteiger partial charge in [0, 0.05) is 24.1 Å². The number of carbonyl (C=O) groups is 2. The fraction of sp³-hybridized carbons (Fsp3) is 0.476. The monoisotopic (exact) mass is 401 g/mol. The average molecular weight is 401 g/mol. The van der Waals surface area contributed by atoms with E-state index in [-0.39, 0.29) is 6.61 Å². The Morgan fingerprint density at radius 1 is 1.48 bits per heavy atom. The molecule has 0 unspecified atom stereocenters. The molecular formula is C21H24FN3O4. The number of aromatic nitrogens is 1. The van der Waals surface area contributed by atoms with Crippen LogP contribution in [0.4, 0.5) is 4.39 Å². The van der Waals surface area contributed by atoms with E-state index in [9.17, 15) is 14.0 Å². The molecular weight excluding hydrogens is 377 g/mol. The highest BCUT2D eigenvalue weighted by atomic mass is 19.1. The number of fused-ring (bicyclic) bond motifs is 3. The summed E-state index contributed by atoms with van der Waals surface area (Å²) in [6, 6.07) is 3.03. The van der Waals surface area contributed by atoms with Crippen molar-refractivity contribution in [3.8, 4) is 11.6 Å². The molecule has 2 aliphatic rings. The van der Waals surface area contributed by atoms with Crippen LogP contribution in [0.3, 0.4) is 0 Å². The van der Waals surface area contributed by atoms with E-state index >= 15 is 0 Å². The molecule has 29 heavy (non-hydrogen) atoms. The van der Waals surface area contributed by atoms with Crippen molar-refractivity contribution in [2.24, 2.45) is 11.7 Å². The number of alkyl halides is 1. The minimum absolute atomic E-state index is 0.105. The maximum Gasteiger partial charge on any atom is 0.255 e. The largest absolute Gasteiger partial charge is 0.486 e. The summed E-state index contributed by atoms with van der Waals surface area (Å²) in [6.45, 7) is 5.81. The quantitative estimate of drug-likeness (QED) is 0.800. The zero-order valence-corrected chi connectivity index (χ0v) is 16.6. The Morgan fingerprint density at radius 3 is 2.93 bits per heavy atom. The molecule has 1 fully saturated rings. The highest BCUT2D eigenvalue weighted by Gasteiger charge is 2.42. The zero-order chi connectivity index (χ0) is 20.9. The van der Waals surface area contributed by atoms with Crippen LogP contribution in [0.2, 0.25) is 0 Å². The molecule has 0 saturated carbocycles. The number of ether oxygens (including phenoxy) is 2. The molecule has 7 nitrogen and oxygen atoms in total. The number of primary amides is 1. The van der Waals surface area contributed by atoms with Crippen molar-refractivity contribution in [2.45, 2.75) is 51.4 Å². The molecule has 0 aliphatic carbocycles. The lowest BCUT2D eigenvalue weighted by Gasteiger charge is -2.19. The maximum atomic E-state index is 14.1. The molecule has 0 spiro atoms. The Balaban J connectivity index is 1.72. The van der Waals surface area contributed by atoms with Crippen molar-refractivity contribution in [2.75, 3.05) is 6.61 Å². The van der Waals surface area contributed by atoms with Crippen LogP contribution in [0.5, 0.6) is 11.6 Å². The highest BCUT2D eigenvalue weighted by molar-refractivity contribution is 6.04. The molecule has 8 heteroatoms. The minimum Gasteiger partial charge on any atom is -0.486 e. The molecule has 3 N–H and O–H groups in total. The highest BCUT2D eigenvalue weighted by Crippen LogP contribution is 2.44. The maximum absolute atomic E-state index is 14.1. The average Bonchev–Trinajstić information content (AvgIpc) is 3.13. The summed E-state index contributed by atoms with van der Waals surface area (Å²) in [7, 11) is 0. The molecule has 1 aromatic heterocycles. The Hall–Kier alpha value is -2.90. The van der Waals surface area contributed by atoms with Crippen LogP contribution in [-0.2, 0) is 11.2 Å². The SMILES string of the molecule is CC[C@@H]1[C@H](F)C(=O)N[C@@H]1COc1nccc2cc(C(N)=O)c3c(c12)CC(C)(C)O3. The van der Waals surface area contributed by atoms with Gasteiger partial charge >= 0.3 is 0 Å². The first-order chi connectivity index (χ1) is 13.7. The molecule has 3 heterocycles. The molecule has 0 radical (unpaired) electrons. The van der Waals surface area contributed by atoms with Gasteiger partial charge in [0.25, 0.3) is 11.8 Å². The van der Waals surface area contributed by atoms with Crippen molar-refractivity contribution in [1.82, 2.24) is 10.3 Å². The number of nitrogens with two attached hydrogens (primary N) is 1. The molecule has 1 aromatic carbocycles. The number of rotatable bonds is 5. The van der Waals surface area contributed by atoms with Crippen molar-refractivity contribution in [1.29, 1.82) is 0 Å². The van der Waals surface area contributed by atoms with Gasteiger partial charge in [0.15, 0.2) is 6.17 Å². The molecule has 2 aliphatic heterocycles. The Morgan fingerprint density at radius 2 is 2.24 bits per heavy atom. The Bertz CT molecular complexity index is 1010. The van der Waals surface area contributed by atoms with Gasteiger partial charge in [0.2, 0.25) is 5.88 Å². The molecule has 2 amide bonds. The van der Waals surface area contributed by atoms with Crippen LogP contribution >= 0.6 is 0 Å². The molecule has 2 aromatic rings. The number of carbonyl (C=O) groups excluding carboxylic acids is 2. The second kappa shape index (κ2) is 6.86. The van der Waals surface area contributed by atoms with E-state index in [1.54, 1.807) is 18.3 Å². The first kappa shape index (κ1) is 19.4. The van der Waals surface area contributed by atoms with Crippen LogP contribution in [0.1, 0.15) is 43.1 Å². The number of nitrogens with zero attached hydrogens (tertiary/aromatic N) is 1.